The number of halogens is 1. The summed E-state index contributed by atoms with van der Waals surface area (Å²) in [7, 11) is 1.89. The molecule has 1 aromatic rings. The number of aryl methyl sites for hydroxylation is 1. The van der Waals surface area contributed by atoms with Gasteiger partial charge in [-0.3, -0.25) is 0 Å². The van der Waals surface area contributed by atoms with Crippen molar-refractivity contribution in [1.82, 2.24) is 20.9 Å². The van der Waals surface area contributed by atoms with Crippen molar-refractivity contribution in [2.75, 3.05) is 53.0 Å². The van der Waals surface area contributed by atoms with Crippen molar-refractivity contribution in [3.63, 3.8) is 0 Å². The fourth-order valence-corrected chi connectivity index (χ4v) is 5.24. The highest BCUT2D eigenvalue weighted by Crippen LogP contribution is 2.35. The summed E-state index contributed by atoms with van der Waals surface area (Å²) in [6.07, 6.45) is 2.80. The van der Waals surface area contributed by atoms with E-state index in [-0.39, 0.29) is 37.0 Å². The van der Waals surface area contributed by atoms with Gasteiger partial charge in [0.1, 0.15) is 5.82 Å². The Hall–Kier alpha value is -2.43. The van der Waals surface area contributed by atoms with Gasteiger partial charge in [-0.2, -0.15) is 0 Å². The zero-order chi connectivity index (χ0) is 25.9. The van der Waals surface area contributed by atoms with Gasteiger partial charge in [-0.15, -0.1) is 0 Å². The van der Waals surface area contributed by atoms with Crippen LogP contribution in [-0.4, -0.2) is 81.2 Å². The maximum Gasteiger partial charge on any atom is 0.404 e. The highest BCUT2D eigenvalue weighted by molar-refractivity contribution is 5.74. The van der Waals surface area contributed by atoms with Crippen molar-refractivity contribution in [2.24, 2.45) is 11.8 Å². The Kier molecular flexibility index (Phi) is 11.2. The molecule has 0 bridgehead atoms. The van der Waals surface area contributed by atoms with Crippen LogP contribution in [0.15, 0.2) is 18.2 Å². The standard InChI is InChI=1S/C26H41FN4O5/c1-18-5-6-23(27)22(14-18)24(36-13-9-29-26(33)34)20-4-3-10-31(17-20)25(32)30-21(16-28-2)15-19-7-11-35-12-8-19/h5-6,14,19-21,24,28-29H,3-4,7-13,15-17H2,1-2H3,(H,30,32)(H,33,34)/t20-,21+,24-/m1/s1. The molecule has 10 heteroatoms. The highest BCUT2D eigenvalue weighted by atomic mass is 19.1. The Morgan fingerprint density at radius 1 is 1.28 bits per heavy atom. The van der Waals surface area contributed by atoms with E-state index in [1.165, 1.54) is 6.07 Å². The summed E-state index contributed by atoms with van der Waals surface area (Å²) < 4.78 is 26.4. The second-order valence-electron chi connectivity index (χ2n) is 9.89. The van der Waals surface area contributed by atoms with E-state index in [2.05, 4.69) is 16.0 Å². The zero-order valence-corrected chi connectivity index (χ0v) is 21.4. The lowest BCUT2D eigenvalue weighted by Gasteiger charge is -2.38. The lowest BCUT2D eigenvalue weighted by molar-refractivity contribution is -0.0105. The van der Waals surface area contributed by atoms with Crippen molar-refractivity contribution >= 4 is 12.1 Å². The van der Waals surface area contributed by atoms with Crippen LogP contribution in [0, 0.1) is 24.6 Å². The molecule has 3 rings (SSSR count). The molecule has 3 atom stereocenters. The van der Waals surface area contributed by atoms with Gasteiger partial charge in [0.2, 0.25) is 0 Å². The molecule has 0 radical (unpaired) electrons. The Bertz CT molecular complexity index is 852. The molecule has 9 nitrogen and oxygen atoms in total. The molecule has 202 valence electrons. The second kappa shape index (κ2) is 14.3. The number of carboxylic acid groups (broad SMARTS) is 1. The molecule has 2 heterocycles. The lowest BCUT2D eigenvalue weighted by Crippen LogP contribution is -2.52. The van der Waals surface area contributed by atoms with Crippen molar-refractivity contribution in [1.29, 1.82) is 0 Å². The van der Waals surface area contributed by atoms with E-state index in [0.29, 0.717) is 31.1 Å². The number of rotatable bonds is 11. The fraction of sp³-hybridized carbons (Fsp3) is 0.692. The Morgan fingerprint density at radius 2 is 2.06 bits per heavy atom. The monoisotopic (exact) mass is 508 g/mol. The number of nitrogens with one attached hydrogen (secondary N) is 3. The third-order valence-corrected chi connectivity index (χ3v) is 7.04. The first-order chi connectivity index (χ1) is 17.4. The van der Waals surface area contributed by atoms with E-state index >= 15 is 0 Å². The van der Waals surface area contributed by atoms with Gasteiger partial charge in [0.15, 0.2) is 0 Å². The summed E-state index contributed by atoms with van der Waals surface area (Å²) in [5.41, 5.74) is 1.36. The summed E-state index contributed by atoms with van der Waals surface area (Å²) >= 11 is 0. The Morgan fingerprint density at radius 3 is 2.78 bits per heavy atom. The van der Waals surface area contributed by atoms with Gasteiger partial charge in [-0.1, -0.05) is 17.7 Å². The van der Waals surface area contributed by atoms with Gasteiger partial charge in [-0.05, 0) is 58.1 Å². The SMILES string of the molecule is CNC[C@H](CC1CCOCC1)NC(=O)N1CCC[C@@H]([C@@H](OCCNC(=O)O)c2cc(C)ccc2F)C1. The largest absolute Gasteiger partial charge is 0.465 e. The second-order valence-corrected chi connectivity index (χ2v) is 9.89. The number of urea groups is 1. The number of nitrogens with zero attached hydrogens (tertiary/aromatic N) is 1. The number of carbonyl (C=O) groups excluding carboxylic acids is 1. The normalized spacial score (nSPS) is 20.5. The lowest BCUT2D eigenvalue weighted by atomic mass is 9.87. The predicted molar refractivity (Wildman–Crippen MR) is 135 cm³/mol. The number of hydrogen-bond donors (Lipinski definition) is 4. The Balaban J connectivity index is 1.66. The molecule has 2 saturated heterocycles. The molecule has 0 saturated carbocycles. The molecule has 3 amide bonds. The van der Waals surface area contributed by atoms with Gasteiger partial charge in [0.05, 0.1) is 12.7 Å². The summed E-state index contributed by atoms with van der Waals surface area (Å²) in [5, 5.41) is 17.5. The number of likely N-dealkylation sites (N-methyl/N-ethyl adjacent to an activating group) is 1. The Labute approximate surface area is 213 Å². The van der Waals surface area contributed by atoms with Crippen LogP contribution in [0.3, 0.4) is 0 Å². The molecule has 2 fully saturated rings. The number of piperidine rings is 1. The molecule has 0 aromatic heterocycles. The van der Waals surface area contributed by atoms with Crippen molar-refractivity contribution in [2.45, 2.75) is 51.2 Å². The minimum atomic E-state index is -1.13. The van der Waals surface area contributed by atoms with Crippen molar-refractivity contribution in [3.05, 3.63) is 35.1 Å². The fourth-order valence-electron chi connectivity index (χ4n) is 5.24. The summed E-state index contributed by atoms with van der Waals surface area (Å²) in [5.74, 6) is 0.0702. The minimum absolute atomic E-state index is 0.0225. The molecule has 0 spiro atoms. The first-order valence-corrected chi connectivity index (χ1v) is 13.0. The van der Waals surface area contributed by atoms with E-state index in [0.717, 1.165) is 50.9 Å². The molecule has 4 N–H and O–H groups in total. The zero-order valence-electron chi connectivity index (χ0n) is 21.4. The van der Waals surface area contributed by atoms with Crippen LogP contribution >= 0.6 is 0 Å². The first kappa shape index (κ1) is 28.1. The van der Waals surface area contributed by atoms with Crippen LogP contribution in [0.4, 0.5) is 14.0 Å². The molecule has 0 aliphatic carbocycles. The van der Waals surface area contributed by atoms with Gasteiger partial charge in [0.25, 0.3) is 0 Å². The van der Waals surface area contributed by atoms with Crippen molar-refractivity contribution < 1.29 is 28.6 Å². The van der Waals surface area contributed by atoms with E-state index in [1.54, 1.807) is 17.0 Å². The van der Waals surface area contributed by atoms with Gasteiger partial charge in [-0.25, -0.2) is 14.0 Å². The summed E-state index contributed by atoms with van der Waals surface area (Å²) in [4.78, 5) is 25.9. The van der Waals surface area contributed by atoms with E-state index in [1.807, 2.05) is 14.0 Å². The predicted octanol–water partition coefficient (Wildman–Crippen LogP) is 3.29. The third kappa shape index (κ3) is 8.60. The van der Waals surface area contributed by atoms with Crippen LogP contribution in [-0.2, 0) is 9.47 Å². The maximum atomic E-state index is 14.8. The van der Waals surface area contributed by atoms with Crippen molar-refractivity contribution in [3.8, 4) is 0 Å². The van der Waals surface area contributed by atoms with E-state index in [4.69, 9.17) is 14.6 Å². The summed E-state index contributed by atoms with van der Waals surface area (Å²) in [6, 6.07) is 4.84. The minimum Gasteiger partial charge on any atom is -0.465 e. The molecular weight excluding hydrogens is 467 g/mol. The molecule has 2 aliphatic rings. The van der Waals surface area contributed by atoms with E-state index in [9.17, 15) is 14.0 Å². The maximum absolute atomic E-state index is 14.8. The molecule has 0 unspecified atom stereocenters. The quantitative estimate of drug-likeness (QED) is 0.341. The van der Waals surface area contributed by atoms with Gasteiger partial charge < -0.3 is 35.4 Å². The molecule has 1 aromatic carbocycles. The molecule has 2 aliphatic heterocycles. The molecule has 36 heavy (non-hydrogen) atoms. The average Bonchev–Trinajstić information content (AvgIpc) is 2.86. The summed E-state index contributed by atoms with van der Waals surface area (Å²) in [6.45, 7) is 5.44. The number of ether oxygens (including phenoxy) is 2. The van der Waals surface area contributed by atoms with Crippen LogP contribution in [0.25, 0.3) is 0 Å². The average molecular weight is 509 g/mol. The topological polar surface area (TPSA) is 112 Å². The van der Waals surface area contributed by atoms with Crippen LogP contribution in [0.1, 0.15) is 49.3 Å². The third-order valence-electron chi connectivity index (χ3n) is 7.04. The smallest absolute Gasteiger partial charge is 0.404 e. The van der Waals surface area contributed by atoms with E-state index < -0.39 is 12.2 Å². The van der Waals surface area contributed by atoms with Crippen LogP contribution in [0.5, 0.6) is 0 Å². The number of likely N-dealkylation sites (tertiary alicyclic amines) is 1. The number of hydrogen-bond acceptors (Lipinski definition) is 5. The van der Waals surface area contributed by atoms with Crippen LogP contribution in [0.2, 0.25) is 0 Å². The number of carbonyl (C=O) groups is 2. The van der Waals surface area contributed by atoms with Gasteiger partial charge >= 0.3 is 12.1 Å². The first-order valence-electron chi connectivity index (χ1n) is 13.0. The molecular formula is C26H41FN4O5. The number of benzene rings is 1. The van der Waals surface area contributed by atoms with Crippen LogP contribution < -0.4 is 16.0 Å². The number of amides is 3. The highest BCUT2D eigenvalue weighted by Gasteiger charge is 2.33. The van der Waals surface area contributed by atoms with Gasteiger partial charge in [0, 0.05) is 56.9 Å².